The van der Waals surface area contributed by atoms with Gasteiger partial charge >= 0.3 is 0 Å². The molecular formula is C13H13N5. The third kappa shape index (κ3) is 2.10. The predicted molar refractivity (Wildman–Crippen MR) is 71.2 cm³/mol. The van der Waals surface area contributed by atoms with Crippen molar-refractivity contribution in [3.63, 3.8) is 0 Å². The van der Waals surface area contributed by atoms with Gasteiger partial charge in [-0.2, -0.15) is 0 Å². The normalized spacial score (nSPS) is 10.7. The zero-order chi connectivity index (χ0) is 12.4. The van der Waals surface area contributed by atoms with E-state index in [1.165, 1.54) is 17.4 Å². The number of nitrogens with one attached hydrogen (secondary N) is 1. The minimum Gasteiger partial charge on any atom is -0.384 e. The first kappa shape index (κ1) is 10.6. The van der Waals surface area contributed by atoms with Gasteiger partial charge in [-0.3, -0.25) is 0 Å². The fourth-order valence-corrected chi connectivity index (χ4v) is 1.87. The van der Waals surface area contributed by atoms with Gasteiger partial charge in [0.05, 0.1) is 0 Å². The van der Waals surface area contributed by atoms with E-state index in [2.05, 4.69) is 38.0 Å². The van der Waals surface area contributed by atoms with Crippen LogP contribution in [0.2, 0.25) is 0 Å². The van der Waals surface area contributed by atoms with Crippen molar-refractivity contribution in [3.8, 4) is 0 Å². The fourth-order valence-electron chi connectivity index (χ4n) is 1.87. The highest BCUT2D eigenvalue weighted by atomic mass is 15.0. The molecule has 0 aliphatic rings. The topological polar surface area (TPSA) is 68.2 Å². The maximum Gasteiger partial charge on any atom is 0.131 e. The summed E-state index contributed by atoms with van der Waals surface area (Å²) in [4.78, 5) is 7.95. The summed E-state index contributed by atoms with van der Waals surface area (Å²) in [5.41, 5.74) is 7.96. The summed E-state index contributed by atoms with van der Waals surface area (Å²) in [5.74, 6) is 1.20. The predicted octanol–water partition coefficient (Wildman–Crippen LogP) is 1.92. The second kappa shape index (κ2) is 4.37. The summed E-state index contributed by atoms with van der Waals surface area (Å²) in [6.45, 7) is 0.706. The molecule has 3 heterocycles. The van der Waals surface area contributed by atoms with Crippen LogP contribution in [0.15, 0.2) is 49.1 Å². The SMILES string of the molecule is Nc1cc(NCc2cc3ccccn3c2)ncn1. The molecule has 0 aliphatic heterocycles. The average molecular weight is 239 g/mol. The van der Waals surface area contributed by atoms with Gasteiger partial charge in [-0.15, -0.1) is 0 Å². The van der Waals surface area contributed by atoms with E-state index in [1.54, 1.807) is 6.07 Å². The van der Waals surface area contributed by atoms with Crippen molar-refractivity contribution in [1.82, 2.24) is 14.4 Å². The number of anilines is 2. The van der Waals surface area contributed by atoms with Crippen LogP contribution >= 0.6 is 0 Å². The highest BCUT2D eigenvalue weighted by molar-refractivity contribution is 5.51. The molecule has 18 heavy (non-hydrogen) atoms. The van der Waals surface area contributed by atoms with Gasteiger partial charge in [0.1, 0.15) is 18.0 Å². The molecule has 0 atom stereocenters. The standard InChI is InChI=1S/C13H13N5/c14-12-6-13(17-9-16-12)15-7-10-5-11-3-1-2-4-18(11)8-10/h1-6,8-9H,7H2,(H3,14,15,16,17). The molecule has 0 fully saturated rings. The highest BCUT2D eigenvalue weighted by Crippen LogP contribution is 2.12. The molecule has 0 spiro atoms. The Morgan fingerprint density at radius 3 is 3.00 bits per heavy atom. The average Bonchev–Trinajstić information content (AvgIpc) is 2.79. The molecule has 0 aromatic carbocycles. The van der Waals surface area contributed by atoms with Crippen molar-refractivity contribution < 1.29 is 0 Å². The molecule has 3 rings (SSSR count). The largest absolute Gasteiger partial charge is 0.384 e. The van der Waals surface area contributed by atoms with E-state index in [4.69, 9.17) is 5.73 Å². The van der Waals surface area contributed by atoms with Gasteiger partial charge in [-0.25, -0.2) is 9.97 Å². The van der Waals surface area contributed by atoms with Gasteiger partial charge in [0, 0.05) is 30.5 Å². The molecule has 5 nitrogen and oxygen atoms in total. The zero-order valence-corrected chi connectivity index (χ0v) is 9.74. The van der Waals surface area contributed by atoms with Crippen LogP contribution in [0.5, 0.6) is 0 Å². The van der Waals surface area contributed by atoms with E-state index in [0.717, 1.165) is 5.82 Å². The Morgan fingerprint density at radius 1 is 1.22 bits per heavy atom. The lowest BCUT2D eigenvalue weighted by Crippen LogP contribution is -2.02. The maximum atomic E-state index is 5.59. The smallest absolute Gasteiger partial charge is 0.131 e. The molecule has 0 aliphatic carbocycles. The monoisotopic (exact) mass is 239 g/mol. The van der Waals surface area contributed by atoms with E-state index < -0.39 is 0 Å². The summed E-state index contributed by atoms with van der Waals surface area (Å²) in [5, 5.41) is 3.22. The summed E-state index contributed by atoms with van der Waals surface area (Å²) in [6.07, 6.45) is 5.57. The Labute approximate surface area is 104 Å². The second-order valence-electron chi connectivity index (χ2n) is 4.06. The summed E-state index contributed by atoms with van der Waals surface area (Å²) < 4.78 is 2.09. The number of nitrogen functional groups attached to an aromatic ring is 1. The van der Waals surface area contributed by atoms with E-state index in [1.807, 2.05) is 18.3 Å². The highest BCUT2D eigenvalue weighted by Gasteiger charge is 2.00. The van der Waals surface area contributed by atoms with Crippen molar-refractivity contribution >= 4 is 17.2 Å². The van der Waals surface area contributed by atoms with Gasteiger partial charge < -0.3 is 15.5 Å². The van der Waals surface area contributed by atoms with Crippen LogP contribution in [-0.2, 0) is 6.54 Å². The van der Waals surface area contributed by atoms with E-state index in [-0.39, 0.29) is 0 Å². The Hall–Kier alpha value is -2.56. The molecule has 5 heteroatoms. The third-order valence-corrected chi connectivity index (χ3v) is 2.72. The number of pyridine rings is 1. The van der Waals surface area contributed by atoms with Crippen LogP contribution in [0.1, 0.15) is 5.56 Å². The summed E-state index contributed by atoms with van der Waals surface area (Å²) in [7, 11) is 0. The van der Waals surface area contributed by atoms with Gasteiger partial charge in [0.15, 0.2) is 0 Å². The molecule has 0 radical (unpaired) electrons. The number of nitrogens with two attached hydrogens (primary N) is 1. The number of aromatic nitrogens is 3. The van der Waals surface area contributed by atoms with Crippen LogP contribution in [0.25, 0.3) is 5.52 Å². The Bertz CT molecular complexity index is 641. The molecule has 3 aromatic heterocycles. The van der Waals surface area contributed by atoms with Crippen molar-refractivity contribution in [2.24, 2.45) is 0 Å². The van der Waals surface area contributed by atoms with Crippen molar-refractivity contribution in [2.75, 3.05) is 11.1 Å². The lowest BCUT2D eigenvalue weighted by Gasteiger charge is -2.03. The number of hydrogen-bond donors (Lipinski definition) is 2. The molecule has 0 bridgehead atoms. The van der Waals surface area contributed by atoms with Crippen molar-refractivity contribution in [1.29, 1.82) is 0 Å². The molecule has 90 valence electrons. The maximum absolute atomic E-state index is 5.59. The lowest BCUT2D eigenvalue weighted by molar-refractivity contribution is 1.08. The molecule has 3 aromatic rings. The fraction of sp³-hybridized carbons (Fsp3) is 0.0769. The van der Waals surface area contributed by atoms with E-state index in [9.17, 15) is 0 Å². The lowest BCUT2D eigenvalue weighted by atomic mass is 10.3. The minimum absolute atomic E-state index is 0.467. The number of rotatable bonds is 3. The number of hydrogen-bond acceptors (Lipinski definition) is 4. The first-order chi connectivity index (χ1) is 8.81. The minimum atomic E-state index is 0.467. The molecule has 0 amide bonds. The van der Waals surface area contributed by atoms with Crippen molar-refractivity contribution in [2.45, 2.75) is 6.54 Å². The van der Waals surface area contributed by atoms with Crippen molar-refractivity contribution in [3.05, 3.63) is 54.6 Å². The van der Waals surface area contributed by atoms with E-state index >= 15 is 0 Å². The summed E-state index contributed by atoms with van der Waals surface area (Å²) >= 11 is 0. The number of nitrogens with zero attached hydrogens (tertiary/aromatic N) is 3. The first-order valence-electron chi connectivity index (χ1n) is 5.68. The summed E-state index contributed by atoms with van der Waals surface area (Å²) in [6, 6.07) is 9.96. The van der Waals surface area contributed by atoms with Crippen LogP contribution in [0, 0.1) is 0 Å². The van der Waals surface area contributed by atoms with Crippen LogP contribution in [-0.4, -0.2) is 14.4 Å². The Morgan fingerprint density at radius 2 is 2.17 bits per heavy atom. The van der Waals surface area contributed by atoms with Crippen LogP contribution in [0.3, 0.4) is 0 Å². The van der Waals surface area contributed by atoms with Gasteiger partial charge in [0.25, 0.3) is 0 Å². The van der Waals surface area contributed by atoms with E-state index in [0.29, 0.717) is 12.4 Å². The number of fused-ring (bicyclic) bond motifs is 1. The Balaban J connectivity index is 1.76. The van der Waals surface area contributed by atoms with Gasteiger partial charge in [-0.05, 0) is 23.8 Å². The quantitative estimate of drug-likeness (QED) is 0.732. The zero-order valence-electron chi connectivity index (χ0n) is 9.74. The molecule has 0 unspecified atom stereocenters. The molecular weight excluding hydrogens is 226 g/mol. The van der Waals surface area contributed by atoms with Crippen LogP contribution < -0.4 is 11.1 Å². The van der Waals surface area contributed by atoms with Crippen LogP contribution in [0.4, 0.5) is 11.6 Å². The molecule has 0 saturated heterocycles. The first-order valence-corrected chi connectivity index (χ1v) is 5.68. The second-order valence-corrected chi connectivity index (χ2v) is 4.06. The third-order valence-electron chi connectivity index (χ3n) is 2.72. The molecule has 0 saturated carbocycles. The molecule has 3 N–H and O–H groups in total. The van der Waals surface area contributed by atoms with Gasteiger partial charge in [0.2, 0.25) is 0 Å². The Kier molecular flexibility index (Phi) is 2.57. The van der Waals surface area contributed by atoms with Gasteiger partial charge in [-0.1, -0.05) is 6.07 Å².